The van der Waals surface area contributed by atoms with E-state index in [1.165, 1.54) is 12.8 Å². The van der Waals surface area contributed by atoms with Crippen molar-refractivity contribution in [1.29, 1.82) is 0 Å². The average molecular weight is 292 g/mol. The van der Waals surface area contributed by atoms with Crippen LogP contribution in [0.25, 0.3) is 0 Å². The summed E-state index contributed by atoms with van der Waals surface area (Å²) in [5.41, 5.74) is 1.90. The van der Waals surface area contributed by atoms with Crippen LogP contribution < -0.4 is 10.2 Å². The zero-order valence-corrected chi connectivity index (χ0v) is 13.8. The second kappa shape index (κ2) is 7.26. The second-order valence-electron chi connectivity index (χ2n) is 6.52. The Bertz CT molecular complexity index is 461. The Morgan fingerprint density at radius 2 is 2.14 bits per heavy atom. The van der Waals surface area contributed by atoms with E-state index in [1.54, 1.807) is 6.07 Å². The summed E-state index contributed by atoms with van der Waals surface area (Å²) in [6.45, 7) is 10.7. The summed E-state index contributed by atoms with van der Waals surface area (Å²) in [6.07, 6.45) is 3.44. The first-order valence-electron chi connectivity index (χ1n) is 8.33. The Balaban J connectivity index is 2.28. The van der Waals surface area contributed by atoms with E-state index < -0.39 is 0 Å². The number of hydrogen-bond acceptors (Lipinski definition) is 2. The van der Waals surface area contributed by atoms with Gasteiger partial charge in [0.2, 0.25) is 0 Å². The van der Waals surface area contributed by atoms with Gasteiger partial charge in [-0.05, 0) is 57.7 Å². The lowest BCUT2D eigenvalue weighted by molar-refractivity contribution is 0.376. The van der Waals surface area contributed by atoms with Gasteiger partial charge in [0.15, 0.2) is 0 Å². The van der Waals surface area contributed by atoms with Crippen LogP contribution in [0.1, 0.15) is 58.6 Å². The van der Waals surface area contributed by atoms with E-state index in [9.17, 15) is 4.39 Å². The molecular weight excluding hydrogens is 263 g/mol. The minimum absolute atomic E-state index is 0.0488. The molecule has 1 fully saturated rings. The van der Waals surface area contributed by atoms with Crippen LogP contribution in [0.3, 0.4) is 0 Å². The van der Waals surface area contributed by atoms with Gasteiger partial charge >= 0.3 is 0 Å². The summed E-state index contributed by atoms with van der Waals surface area (Å²) in [6, 6.07) is 6.03. The number of benzene rings is 1. The van der Waals surface area contributed by atoms with Crippen LogP contribution in [0.2, 0.25) is 0 Å². The molecule has 0 aromatic heterocycles. The maximum absolute atomic E-state index is 14.4. The topological polar surface area (TPSA) is 15.3 Å². The highest BCUT2D eigenvalue weighted by Gasteiger charge is 2.27. The highest BCUT2D eigenvalue weighted by Crippen LogP contribution is 2.34. The fourth-order valence-electron chi connectivity index (χ4n) is 3.43. The molecule has 1 saturated heterocycles. The van der Waals surface area contributed by atoms with Crippen molar-refractivity contribution in [3.8, 4) is 0 Å². The number of halogens is 1. The number of hydrogen-bond donors (Lipinski definition) is 1. The molecule has 1 N–H and O–H groups in total. The molecule has 0 saturated carbocycles. The van der Waals surface area contributed by atoms with Gasteiger partial charge < -0.3 is 10.2 Å². The highest BCUT2D eigenvalue weighted by atomic mass is 19.1. The summed E-state index contributed by atoms with van der Waals surface area (Å²) in [5.74, 6) is 0.679. The lowest BCUT2D eigenvalue weighted by Gasteiger charge is -2.40. The molecular formula is C18H29FN2. The van der Waals surface area contributed by atoms with E-state index in [4.69, 9.17) is 0 Å². The molecule has 2 nitrogen and oxygen atoms in total. The lowest BCUT2D eigenvalue weighted by atomic mass is 9.91. The largest absolute Gasteiger partial charge is 0.368 e. The maximum Gasteiger partial charge on any atom is 0.130 e. The van der Waals surface area contributed by atoms with Crippen LogP contribution in [0.4, 0.5) is 10.1 Å². The Kier molecular flexibility index (Phi) is 5.63. The minimum Gasteiger partial charge on any atom is -0.368 e. The quantitative estimate of drug-likeness (QED) is 0.859. The zero-order chi connectivity index (χ0) is 15.4. The molecule has 3 unspecified atom stereocenters. The normalized spacial score (nSPS) is 24.1. The van der Waals surface area contributed by atoms with Gasteiger partial charge in [-0.25, -0.2) is 4.39 Å². The number of anilines is 1. The first-order valence-corrected chi connectivity index (χ1v) is 8.33. The van der Waals surface area contributed by atoms with Crippen molar-refractivity contribution in [2.45, 2.75) is 59.0 Å². The number of nitrogens with one attached hydrogen (secondary N) is 1. The first kappa shape index (κ1) is 16.3. The van der Waals surface area contributed by atoms with Crippen molar-refractivity contribution in [3.05, 3.63) is 29.6 Å². The van der Waals surface area contributed by atoms with Crippen molar-refractivity contribution in [2.75, 3.05) is 18.0 Å². The molecule has 118 valence electrons. The van der Waals surface area contributed by atoms with Crippen LogP contribution >= 0.6 is 0 Å². The third-order valence-electron chi connectivity index (χ3n) is 4.61. The second-order valence-corrected chi connectivity index (χ2v) is 6.52. The molecule has 1 aromatic rings. The van der Waals surface area contributed by atoms with Crippen LogP contribution in [0.5, 0.6) is 0 Å². The van der Waals surface area contributed by atoms with Crippen molar-refractivity contribution >= 4 is 5.69 Å². The molecule has 3 atom stereocenters. The van der Waals surface area contributed by atoms with Gasteiger partial charge in [-0.15, -0.1) is 0 Å². The summed E-state index contributed by atoms with van der Waals surface area (Å²) in [5, 5.41) is 3.43. The minimum atomic E-state index is -0.0885. The predicted molar refractivity (Wildman–Crippen MR) is 88.3 cm³/mol. The summed E-state index contributed by atoms with van der Waals surface area (Å²) in [7, 11) is 0. The zero-order valence-electron chi connectivity index (χ0n) is 13.8. The molecule has 0 amide bonds. The number of rotatable bonds is 5. The smallest absolute Gasteiger partial charge is 0.130 e. The maximum atomic E-state index is 14.4. The molecule has 1 aliphatic heterocycles. The standard InChI is InChI=1S/C18H29FN2/c1-5-10-20-15(4)18-16(19)7-6-8-17(18)21-11-9-13(2)12-14(21)3/h6-8,13-15,20H,5,9-12H2,1-4H3. The van der Waals surface area contributed by atoms with Crippen molar-refractivity contribution in [1.82, 2.24) is 5.32 Å². The average Bonchev–Trinajstić information content (AvgIpc) is 2.44. The van der Waals surface area contributed by atoms with Gasteiger partial charge in [-0.1, -0.05) is 19.9 Å². The monoisotopic (exact) mass is 292 g/mol. The van der Waals surface area contributed by atoms with Crippen molar-refractivity contribution in [2.24, 2.45) is 5.92 Å². The summed E-state index contributed by atoms with van der Waals surface area (Å²) < 4.78 is 14.4. The van der Waals surface area contributed by atoms with E-state index in [-0.39, 0.29) is 11.9 Å². The van der Waals surface area contributed by atoms with Gasteiger partial charge in [0.1, 0.15) is 5.82 Å². The number of nitrogens with zero attached hydrogens (tertiary/aromatic N) is 1. The Morgan fingerprint density at radius 1 is 1.38 bits per heavy atom. The molecule has 21 heavy (non-hydrogen) atoms. The fourth-order valence-corrected chi connectivity index (χ4v) is 3.43. The fraction of sp³-hybridized carbons (Fsp3) is 0.667. The Labute approximate surface area is 128 Å². The van der Waals surface area contributed by atoms with E-state index in [1.807, 2.05) is 6.07 Å². The third kappa shape index (κ3) is 3.76. The molecule has 0 radical (unpaired) electrons. The van der Waals surface area contributed by atoms with Crippen LogP contribution in [-0.4, -0.2) is 19.1 Å². The van der Waals surface area contributed by atoms with Crippen molar-refractivity contribution < 1.29 is 4.39 Å². The third-order valence-corrected chi connectivity index (χ3v) is 4.61. The summed E-state index contributed by atoms with van der Waals surface area (Å²) >= 11 is 0. The van der Waals surface area contributed by atoms with Crippen LogP contribution in [0, 0.1) is 11.7 Å². The van der Waals surface area contributed by atoms with Gasteiger partial charge in [-0.2, -0.15) is 0 Å². The first-order chi connectivity index (χ1) is 10.0. The molecule has 1 aliphatic rings. The van der Waals surface area contributed by atoms with Gasteiger partial charge in [0.25, 0.3) is 0 Å². The van der Waals surface area contributed by atoms with Gasteiger partial charge in [0, 0.05) is 29.9 Å². The molecule has 3 heteroatoms. The highest BCUT2D eigenvalue weighted by molar-refractivity contribution is 5.56. The summed E-state index contributed by atoms with van der Waals surface area (Å²) in [4.78, 5) is 2.39. The van der Waals surface area contributed by atoms with E-state index in [0.29, 0.717) is 6.04 Å². The lowest BCUT2D eigenvalue weighted by Crippen LogP contribution is -2.41. The molecule has 2 rings (SSSR count). The van der Waals surface area contributed by atoms with E-state index in [2.05, 4.69) is 44.0 Å². The molecule has 0 spiro atoms. The van der Waals surface area contributed by atoms with Gasteiger partial charge in [-0.3, -0.25) is 0 Å². The molecule has 0 bridgehead atoms. The molecule has 1 aromatic carbocycles. The number of piperidine rings is 1. The van der Waals surface area contributed by atoms with Crippen LogP contribution in [-0.2, 0) is 0 Å². The molecule has 1 heterocycles. The predicted octanol–water partition coefficient (Wildman–Crippen LogP) is 4.51. The SMILES string of the molecule is CCCNC(C)c1c(F)cccc1N1CCC(C)CC1C. The van der Waals surface area contributed by atoms with Crippen molar-refractivity contribution in [3.63, 3.8) is 0 Å². The Morgan fingerprint density at radius 3 is 2.81 bits per heavy atom. The van der Waals surface area contributed by atoms with Gasteiger partial charge in [0.05, 0.1) is 0 Å². The molecule has 0 aliphatic carbocycles. The van der Waals surface area contributed by atoms with E-state index >= 15 is 0 Å². The Hall–Kier alpha value is -1.09. The van der Waals surface area contributed by atoms with Crippen LogP contribution in [0.15, 0.2) is 18.2 Å². The van der Waals surface area contributed by atoms with E-state index in [0.717, 1.165) is 36.7 Å².